The highest BCUT2D eigenvalue weighted by molar-refractivity contribution is 7.90. The Morgan fingerprint density at radius 2 is 1.85 bits per heavy atom. The first kappa shape index (κ1) is 17.3. The average Bonchev–Trinajstić information content (AvgIpc) is 2.87. The zero-order valence-corrected chi connectivity index (χ0v) is 16.1. The van der Waals surface area contributed by atoms with Gasteiger partial charge in [-0.3, -0.25) is 0 Å². The van der Waals surface area contributed by atoms with Crippen molar-refractivity contribution in [2.75, 3.05) is 5.32 Å². The SMILES string of the molecule is Cc1ccc(S(=O)(=O)n2c(C)cc3c(NC4CCC4)nc(Cl)nc32)cc1. The maximum Gasteiger partial charge on any atom is 0.269 e. The fraction of sp³-hybridized carbons (Fsp3) is 0.333. The molecule has 3 aromatic rings. The lowest BCUT2D eigenvalue weighted by molar-refractivity contribution is 0.445. The molecule has 1 aliphatic rings. The number of halogens is 1. The summed E-state index contributed by atoms with van der Waals surface area (Å²) in [5.74, 6) is 0.589. The highest BCUT2D eigenvalue weighted by Crippen LogP contribution is 2.31. The molecule has 0 spiro atoms. The Kier molecular flexibility index (Phi) is 4.16. The van der Waals surface area contributed by atoms with Gasteiger partial charge in [-0.2, -0.15) is 4.98 Å². The topological polar surface area (TPSA) is 76.9 Å². The summed E-state index contributed by atoms with van der Waals surface area (Å²) in [6.45, 7) is 3.66. The summed E-state index contributed by atoms with van der Waals surface area (Å²) in [7, 11) is -3.78. The molecule has 1 N–H and O–H groups in total. The lowest BCUT2D eigenvalue weighted by Gasteiger charge is -2.27. The van der Waals surface area contributed by atoms with E-state index in [9.17, 15) is 8.42 Å². The predicted molar refractivity (Wildman–Crippen MR) is 102 cm³/mol. The summed E-state index contributed by atoms with van der Waals surface area (Å²) in [4.78, 5) is 8.71. The third-order valence-corrected chi connectivity index (χ3v) is 6.75. The van der Waals surface area contributed by atoms with E-state index in [1.807, 2.05) is 6.92 Å². The number of anilines is 1. The van der Waals surface area contributed by atoms with Gasteiger partial charge in [0.05, 0.1) is 10.3 Å². The molecule has 0 bridgehead atoms. The fourth-order valence-electron chi connectivity index (χ4n) is 3.13. The third-order valence-electron chi connectivity index (χ3n) is 4.77. The molecule has 1 saturated carbocycles. The summed E-state index contributed by atoms with van der Waals surface area (Å²) in [6.07, 6.45) is 3.33. The number of nitrogens with zero attached hydrogens (tertiary/aromatic N) is 3. The minimum atomic E-state index is -3.78. The number of hydrogen-bond acceptors (Lipinski definition) is 5. The Morgan fingerprint density at radius 1 is 1.15 bits per heavy atom. The number of benzene rings is 1. The molecule has 26 heavy (non-hydrogen) atoms. The number of aromatic nitrogens is 3. The van der Waals surface area contributed by atoms with Crippen LogP contribution in [0.2, 0.25) is 5.28 Å². The van der Waals surface area contributed by atoms with Gasteiger partial charge in [0.15, 0.2) is 5.65 Å². The Labute approximate surface area is 157 Å². The van der Waals surface area contributed by atoms with Crippen LogP contribution in [-0.2, 0) is 10.0 Å². The Bertz CT molecular complexity index is 1090. The van der Waals surface area contributed by atoms with Gasteiger partial charge in [0.2, 0.25) is 5.28 Å². The number of fused-ring (bicyclic) bond motifs is 1. The first-order chi connectivity index (χ1) is 12.4. The average molecular weight is 391 g/mol. The van der Waals surface area contributed by atoms with Crippen LogP contribution in [0.15, 0.2) is 35.2 Å². The molecule has 0 atom stereocenters. The van der Waals surface area contributed by atoms with Crippen molar-refractivity contribution in [2.45, 2.75) is 44.0 Å². The molecule has 1 fully saturated rings. The van der Waals surface area contributed by atoms with Gasteiger partial charge in [0.25, 0.3) is 10.0 Å². The number of rotatable bonds is 4. The summed E-state index contributed by atoms with van der Waals surface area (Å²) < 4.78 is 27.6. The van der Waals surface area contributed by atoms with Crippen LogP contribution in [0.25, 0.3) is 11.0 Å². The van der Waals surface area contributed by atoms with Crippen LogP contribution in [0.4, 0.5) is 5.82 Å². The zero-order chi connectivity index (χ0) is 18.5. The van der Waals surface area contributed by atoms with Gasteiger partial charge >= 0.3 is 0 Å². The van der Waals surface area contributed by atoms with Crippen molar-refractivity contribution in [1.29, 1.82) is 0 Å². The molecule has 1 aromatic carbocycles. The van der Waals surface area contributed by atoms with Gasteiger partial charge in [-0.1, -0.05) is 17.7 Å². The third kappa shape index (κ3) is 2.85. The largest absolute Gasteiger partial charge is 0.367 e. The smallest absolute Gasteiger partial charge is 0.269 e. The van der Waals surface area contributed by atoms with Crippen LogP contribution >= 0.6 is 11.6 Å². The van der Waals surface area contributed by atoms with Gasteiger partial charge < -0.3 is 5.32 Å². The van der Waals surface area contributed by atoms with Crippen molar-refractivity contribution >= 4 is 38.5 Å². The molecular formula is C18H19ClN4O2S. The monoisotopic (exact) mass is 390 g/mol. The standard InChI is InChI=1S/C18H19ClN4O2S/c1-11-6-8-14(9-7-11)26(24,25)23-12(2)10-15-16(20-13-4-3-5-13)21-18(19)22-17(15)23/h6-10,13H,3-5H2,1-2H3,(H,20,21,22). The van der Waals surface area contributed by atoms with Crippen LogP contribution in [-0.4, -0.2) is 28.4 Å². The summed E-state index contributed by atoms with van der Waals surface area (Å²) in [5, 5.41) is 4.04. The van der Waals surface area contributed by atoms with Gasteiger partial charge in [0, 0.05) is 11.7 Å². The molecular weight excluding hydrogens is 372 g/mol. The van der Waals surface area contributed by atoms with Crippen molar-refractivity contribution in [2.24, 2.45) is 0 Å². The van der Waals surface area contributed by atoms with Crippen molar-refractivity contribution in [3.63, 3.8) is 0 Å². The van der Waals surface area contributed by atoms with Crippen molar-refractivity contribution in [1.82, 2.24) is 13.9 Å². The molecule has 2 aromatic heterocycles. The first-order valence-corrected chi connectivity index (χ1v) is 10.3. The second-order valence-corrected chi connectivity index (χ2v) is 8.84. The maximum atomic E-state index is 13.2. The molecule has 2 heterocycles. The molecule has 136 valence electrons. The highest BCUT2D eigenvalue weighted by Gasteiger charge is 2.26. The molecule has 0 amide bonds. The second-order valence-electron chi connectivity index (χ2n) is 6.72. The van der Waals surface area contributed by atoms with E-state index >= 15 is 0 Å². The van der Waals surface area contributed by atoms with E-state index < -0.39 is 10.0 Å². The first-order valence-electron chi connectivity index (χ1n) is 8.50. The molecule has 6 nitrogen and oxygen atoms in total. The van der Waals surface area contributed by atoms with Crippen LogP contribution in [0, 0.1) is 13.8 Å². The van der Waals surface area contributed by atoms with Gasteiger partial charge in [-0.15, -0.1) is 0 Å². The highest BCUT2D eigenvalue weighted by atomic mass is 35.5. The fourth-order valence-corrected chi connectivity index (χ4v) is 4.78. The van der Waals surface area contributed by atoms with Gasteiger partial charge in [-0.25, -0.2) is 17.4 Å². The maximum absolute atomic E-state index is 13.2. The van der Waals surface area contributed by atoms with Crippen LogP contribution in [0.1, 0.15) is 30.5 Å². The minimum Gasteiger partial charge on any atom is -0.367 e. The van der Waals surface area contributed by atoms with E-state index in [2.05, 4.69) is 15.3 Å². The molecule has 0 saturated heterocycles. The van der Waals surface area contributed by atoms with E-state index in [1.54, 1.807) is 37.3 Å². The molecule has 4 rings (SSSR count). The lowest BCUT2D eigenvalue weighted by Crippen LogP contribution is -2.27. The van der Waals surface area contributed by atoms with Crippen LogP contribution in [0.3, 0.4) is 0 Å². The zero-order valence-electron chi connectivity index (χ0n) is 14.5. The Morgan fingerprint density at radius 3 is 2.46 bits per heavy atom. The van der Waals surface area contributed by atoms with E-state index in [0.29, 0.717) is 28.6 Å². The summed E-state index contributed by atoms with van der Waals surface area (Å²) in [5.41, 5.74) is 1.86. The Balaban J connectivity index is 1.90. The Hall–Kier alpha value is -2.12. The quantitative estimate of drug-likeness (QED) is 0.683. The normalized spacial score (nSPS) is 15.2. The molecule has 0 aliphatic heterocycles. The van der Waals surface area contributed by atoms with E-state index in [4.69, 9.17) is 11.6 Å². The predicted octanol–water partition coefficient (Wildman–Crippen LogP) is 3.90. The molecule has 0 unspecified atom stereocenters. The van der Waals surface area contributed by atoms with E-state index in [0.717, 1.165) is 18.4 Å². The van der Waals surface area contributed by atoms with E-state index in [1.165, 1.54) is 10.4 Å². The molecule has 0 radical (unpaired) electrons. The van der Waals surface area contributed by atoms with Crippen molar-refractivity contribution in [3.05, 3.63) is 46.9 Å². The van der Waals surface area contributed by atoms with Gasteiger partial charge in [-0.05, 0) is 62.9 Å². The van der Waals surface area contributed by atoms with Crippen molar-refractivity contribution < 1.29 is 8.42 Å². The van der Waals surface area contributed by atoms with Crippen LogP contribution in [0.5, 0.6) is 0 Å². The van der Waals surface area contributed by atoms with Crippen molar-refractivity contribution in [3.8, 4) is 0 Å². The summed E-state index contributed by atoms with van der Waals surface area (Å²) in [6, 6.07) is 8.90. The minimum absolute atomic E-state index is 0.0257. The number of nitrogens with one attached hydrogen (secondary N) is 1. The number of aryl methyl sites for hydroxylation is 2. The summed E-state index contributed by atoms with van der Waals surface area (Å²) >= 11 is 6.10. The lowest BCUT2D eigenvalue weighted by atomic mass is 9.93. The van der Waals surface area contributed by atoms with Crippen LogP contribution < -0.4 is 5.32 Å². The second kappa shape index (κ2) is 6.25. The molecule has 8 heteroatoms. The number of hydrogen-bond donors (Lipinski definition) is 1. The van der Waals surface area contributed by atoms with E-state index in [-0.39, 0.29) is 10.2 Å². The molecule has 1 aliphatic carbocycles. The van der Waals surface area contributed by atoms with Gasteiger partial charge in [0.1, 0.15) is 5.82 Å².